The van der Waals surface area contributed by atoms with Gasteiger partial charge in [-0.1, -0.05) is 60.7 Å². The Morgan fingerprint density at radius 2 is 1.68 bits per heavy atom. The molecule has 0 aliphatic carbocycles. The van der Waals surface area contributed by atoms with Crippen LogP contribution in [0.1, 0.15) is 24.0 Å². The number of aliphatic hydroxyl groups excluding tert-OH is 1. The second kappa shape index (κ2) is 10.1. The van der Waals surface area contributed by atoms with Crippen molar-refractivity contribution in [1.29, 1.82) is 5.26 Å². The van der Waals surface area contributed by atoms with Gasteiger partial charge in [0.05, 0.1) is 18.6 Å². The molecule has 1 N–H and O–H groups in total. The van der Waals surface area contributed by atoms with E-state index in [0.717, 1.165) is 11.1 Å². The van der Waals surface area contributed by atoms with E-state index >= 15 is 0 Å². The summed E-state index contributed by atoms with van der Waals surface area (Å²) in [6.45, 7) is 0.921. The smallest absolute Gasteiger partial charge is 0.410 e. The molecule has 1 amide bonds. The zero-order chi connectivity index (χ0) is 17.9. The van der Waals surface area contributed by atoms with Crippen molar-refractivity contribution in [3.05, 3.63) is 71.8 Å². The number of carbonyl (C=O) groups is 1. The number of nitrogens with zero attached hydrogens (tertiary/aromatic N) is 2. The summed E-state index contributed by atoms with van der Waals surface area (Å²) in [7, 11) is 0. The molecule has 5 nitrogen and oxygen atoms in total. The molecule has 0 aliphatic rings. The number of carbonyl (C=O) groups excluding carboxylic acids is 1. The Hall–Kier alpha value is -2.84. The van der Waals surface area contributed by atoms with Gasteiger partial charge in [-0.15, -0.1) is 0 Å². The second-order valence-corrected chi connectivity index (χ2v) is 5.75. The van der Waals surface area contributed by atoms with E-state index in [9.17, 15) is 9.90 Å². The van der Waals surface area contributed by atoms with Crippen molar-refractivity contribution in [2.75, 3.05) is 6.54 Å². The van der Waals surface area contributed by atoms with Crippen LogP contribution in [0.15, 0.2) is 60.7 Å². The molecule has 0 saturated heterocycles. The Bertz CT molecular complexity index is 683. The summed E-state index contributed by atoms with van der Waals surface area (Å²) in [5.41, 5.74) is 1.90. The maximum Gasteiger partial charge on any atom is 0.410 e. The number of aliphatic hydroxyl groups is 1. The molecule has 2 rings (SSSR count). The minimum Gasteiger partial charge on any atom is -0.445 e. The van der Waals surface area contributed by atoms with Gasteiger partial charge in [0.1, 0.15) is 6.61 Å². The van der Waals surface area contributed by atoms with Crippen LogP contribution in [0.25, 0.3) is 0 Å². The van der Waals surface area contributed by atoms with Gasteiger partial charge in [0.2, 0.25) is 0 Å². The third-order valence-corrected chi connectivity index (χ3v) is 3.74. The Kier molecular flexibility index (Phi) is 7.48. The molecule has 0 fully saturated rings. The van der Waals surface area contributed by atoms with Crippen LogP contribution in [0.2, 0.25) is 0 Å². The normalized spacial score (nSPS) is 11.4. The molecule has 2 aromatic rings. The van der Waals surface area contributed by atoms with Crippen molar-refractivity contribution in [1.82, 2.24) is 4.90 Å². The Labute approximate surface area is 148 Å². The molecular weight excluding hydrogens is 316 g/mol. The van der Waals surface area contributed by atoms with Gasteiger partial charge in [0.25, 0.3) is 0 Å². The number of benzene rings is 2. The predicted molar refractivity (Wildman–Crippen MR) is 94.3 cm³/mol. The minimum absolute atomic E-state index is 0.0538. The molecule has 0 bridgehead atoms. The fourth-order valence-corrected chi connectivity index (χ4v) is 2.36. The van der Waals surface area contributed by atoms with Crippen molar-refractivity contribution in [3.63, 3.8) is 0 Å². The summed E-state index contributed by atoms with van der Waals surface area (Å²) < 4.78 is 5.40. The molecule has 2 aromatic carbocycles. The first-order chi connectivity index (χ1) is 12.2. The van der Waals surface area contributed by atoms with Gasteiger partial charge in [-0.25, -0.2) is 4.79 Å². The highest BCUT2D eigenvalue weighted by atomic mass is 16.6. The number of hydrogen-bond donors (Lipinski definition) is 1. The molecular formula is C20H22N2O3. The van der Waals surface area contributed by atoms with E-state index in [1.807, 2.05) is 66.7 Å². The van der Waals surface area contributed by atoms with E-state index in [-0.39, 0.29) is 13.0 Å². The van der Waals surface area contributed by atoms with Crippen LogP contribution in [0.3, 0.4) is 0 Å². The Morgan fingerprint density at radius 1 is 1.08 bits per heavy atom. The van der Waals surface area contributed by atoms with E-state index in [1.165, 1.54) is 0 Å². The van der Waals surface area contributed by atoms with Crippen LogP contribution in [0, 0.1) is 11.3 Å². The van der Waals surface area contributed by atoms with Gasteiger partial charge in [0.15, 0.2) is 0 Å². The number of amides is 1. The van der Waals surface area contributed by atoms with Crippen LogP contribution in [-0.2, 0) is 17.9 Å². The highest BCUT2D eigenvalue weighted by molar-refractivity contribution is 5.67. The van der Waals surface area contributed by atoms with E-state index in [1.54, 1.807) is 4.90 Å². The average molecular weight is 338 g/mol. The predicted octanol–water partition coefficient (Wildman–Crippen LogP) is 3.49. The van der Waals surface area contributed by atoms with E-state index in [0.29, 0.717) is 19.5 Å². The van der Waals surface area contributed by atoms with Gasteiger partial charge in [0, 0.05) is 13.1 Å². The zero-order valence-corrected chi connectivity index (χ0v) is 14.0. The molecule has 1 atom stereocenters. The van der Waals surface area contributed by atoms with Crippen LogP contribution in [-0.4, -0.2) is 28.7 Å². The summed E-state index contributed by atoms with van der Waals surface area (Å²) >= 11 is 0. The molecule has 130 valence electrons. The standard InChI is InChI=1S/C20H22N2O3/c21-13-11-19(23)12-14-22(15-17-7-3-1-4-8-17)20(24)25-16-18-9-5-2-6-10-18/h1-10,19,23H,11-12,14-16H2/t19-/m1/s1. The van der Waals surface area contributed by atoms with Crippen LogP contribution in [0.5, 0.6) is 0 Å². The maximum atomic E-state index is 12.4. The Morgan fingerprint density at radius 3 is 2.28 bits per heavy atom. The summed E-state index contributed by atoms with van der Waals surface area (Å²) in [4.78, 5) is 14.0. The number of rotatable bonds is 8. The molecule has 0 radical (unpaired) electrons. The Balaban J connectivity index is 1.96. The number of nitriles is 1. The molecule has 0 aromatic heterocycles. The zero-order valence-electron chi connectivity index (χ0n) is 14.0. The van der Waals surface area contributed by atoms with Crippen molar-refractivity contribution in [2.24, 2.45) is 0 Å². The maximum absolute atomic E-state index is 12.4. The van der Waals surface area contributed by atoms with E-state index in [2.05, 4.69) is 0 Å². The molecule has 25 heavy (non-hydrogen) atoms. The molecule has 0 aliphatic heterocycles. The van der Waals surface area contributed by atoms with Crippen LogP contribution in [0.4, 0.5) is 4.79 Å². The number of hydrogen-bond acceptors (Lipinski definition) is 4. The SMILES string of the molecule is N#CC[C@@H](O)CCN(Cc1ccccc1)C(=O)OCc1ccccc1. The van der Waals surface area contributed by atoms with Gasteiger partial charge < -0.3 is 14.7 Å². The summed E-state index contributed by atoms with van der Waals surface area (Å²) in [5, 5.41) is 18.4. The minimum atomic E-state index is -0.745. The third kappa shape index (κ3) is 6.66. The second-order valence-electron chi connectivity index (χ2n) is 5.75. The molecule has 5 heteroatoms. The quantitative estimate of drug-likeness (QED) is 0.799. The van der Waals surface area contributed by atoms with Gasteiger partial charge in [-0.2, -0.15) is 5.26 Å². The summed E-state index contributed by atoms with van der Waals surface area (Å²) in [5.74, 6) is 0. The fraction of sp³-hybridized carbons (Fsp3) is 0.300. The molecule has 0 unspecified atom stereocenters. The summed E-state index contributed by atoms with van der Waals surface area (Å²) in [6.07, 6.45) is -0.791. The van der Waals surface area contributed by atoms with E-state index in [4.69, 9.17) is 10.00 Å². The van der Waals surface area contributed by atoms with Crippen molar-refractivity contribution in [3.8, 4) is 6.07 Å². The average Bonchev–Trinajstić information content (AvgIpc) is 2.65. The third-order valence-electron chi connectivity index (χ3n) is 3.74. The topological polar surface area (TPSA) is 73.6 Å². The summed E-state index contributed by atoms with van der Waals surface area (Å²) in [6, 6.07) is 21.0. The first-order valence-corrected chi connectivity index (χ1v) is 8.23. The van der Waals surface area contributed by atoms with Crippen molar-refractivity contribution in [2.45, 2.75) is 32.1 Å². The first-order valence-electron chi connectivity index (χ1n) is 8.23. The first kappa shape index (κ1) is 18.5. The lowest BCUT2D eigenvalue weighted by atomic mass is 10.1. The van der Waals surface area contributed by atoms with Gasteiger partial charge in [-0.3, -0.25) is 0 Å². The van der Waals surface area contributed by atoms with E-state index < -0.39 is 12.2 Å². The van der Waals surface area contributed by atoms with Crippen molar-refractivity contribution >= 4 is 6.09 Å². The molecule has 0 saturated carbocycles. The lowest BCUT2D eigenvalue weighted by molar-refractivity contribution is 0.0841. The van der Waals surface area contributed by atoms with Crippen molar-refractivity contribution < 1.29 is 14.6 Å². The molecule has 0 spiro atoms. The van der Waals surface area contributed by atoms with Crippen LogP contribution < -0.4 is 0 Å². The largest absolute Gasteiger partial charge is 0.445 e. The highest BCUT2D eigenvalue weighted by Crippen LogP contribution is 2.10. The lowest BCUT2D eigenvalue weighted by Crippen LogP contribution is -2.33. The molecule has 0 heterocycles. The van der Waals surface area contributed by atoms with Gasteiger partial charge >= 0.3 is 6.09 Å². The fourth-order valence-electron chi connectivity index (χ4n) is 2.36. The lowest BCUT2D eigenvalue weighted by Gasteiger charge is -2.23. The monoisotopic (exact) mass is 338 g/mol. The van der Waals surface area contributed by atoms with Crippen LogP contribution >= 0.6 is 0 Å². The number of ether oxygens (including phenoxy) is 1. The highest BCUT2D eigenvalue weighted by Gasteiger charge is 2.17. The van der Waals surface area contributed by atoms with Gasteiger partial charge in [-0.05, 0) is 17.5 Å².